The molecule has 1 N–H and O–H groups in total. The van der Waals surface area contributed by atoms with E-state index in [0.29, 0.717) is 46.2 Å². The first kappa shape index (κ1) is 27.4. The molecule has 3 atom stereocenters. The molecule has 224 valence electrons. The quantitative estimate of drug-likeness (QED) is 0.239. The summed E-state index contributed by atoms with van der Waals surface area (Å²) in [5.41, 5.74) is 2.04. The van der Waals surface area contributed by atoms with Crippen LogP contribution in [0.5, 0.6) is 6.01 Å². The van der Waals surface area contributed by atoms with Gasteiger partial charge in [0.1, 0.15) is 29.5 Å². The number of pyridine rings is 1. The van der Waals surface area contributed by atoms with Crippen molar-refractivity contribution in [2.45, 2.75) is 56.7 Å². The topological polar surface area (TPSA) is 66.4 Å². The molecule has 4 fully saturated rings. The molecular formula is C35H34F2N6O. The molecular weight excluding hydrogens is 558 g/mol. The number of aromatic nitrogens is 3. The average Bonchev–Trinajstić information content (AvgIpc) is 3.71. The van der Waals surface area contributed by atoms with E-state index in [4.69, 9.17) is 16.1 Å². The van der Waals surface area contributed by atoms with Gasteiger partial charge in [-0.25, -0.2) is 8.78 Å². The maximum Gasteiger partial charge on any atom is 0.319 e. The highest BCUT2D eigenvalue weighted by Gasteiger charge is 2.47. The number of fused-ring (bicyclic) bond motifs is 5. The predicted molar refractivity (Wildman–Crippen MR) is 168 cm³/mol. The van der Waals surface area contributed by atoms with Gasteiger partial charge in [0.2, 0.25) is 0 Å². The summed E-state index contributed by atoms with van der Waals surface area (Å²) < 4.78 is 38.0. The fourth-order valence-corrected chi connectivity index (χ4v) is 7.95. The zero-order valence-electron chi connectivity index (χ0n) is 24.7. The average molecular weight is 593 g/mol. The van der Waals surface area contributed by atoms with Crippen molar-refractivity contribution in [1.29, 1.82) is 0 Å². The van der Waals surface area contributed by atoms with Crippen LogP contribution in [0.4, 0.5) is 14.6 Å². The molecule has 4 saturated heterocycles. The highest BCUT2D eigenvalue weighted by molar-refractivity contribution is 6.02. The van der Waals surface area contributed by atoms with E-state index in [1.54, 1.807) is 24.4 Å². The Morgan fingerprint density at radius 3 is 2.80 bits per heavy atom. The molecule has 4 aromatic rings. The molecule has 0 aliphatic carbocycles. The Hall–Kier alpha value is -4.13. The van der Waals surface area contributed by atoms with Gasteiger partial charge in [0, 0.05) is 48.9 Å². The SMILES string of the molecule is C#Cc1c(F)ccc2cccc(-c3ncc4c(N5C[C@H]6CC[C@@H](C5)N6)nc(OCC56CCCN5CC(=CC)C6)nc4c3F)c12. The lowest BCUT2D eigenvalue weighted by molar-refractivity contribution is 0.108. The fraction of sp³-hybridized carbons (Fsp3) is 0.400. The third kappa shape index (κ3) is 4.34. The van der Waals surface area contributed by atoms with Crippen LogP contribution >= 0.6 is 0 Å². The van der Waals surface area contributed by atoms with E-state index in [9.17, 15) is 4.39 Å². The minimum atomic E-state index is -0.605. The Morgan fingerprint density at radius 1 is 1.16 bits per heavy atom. The van der Waals surface area contributed by atoms with E-state index in [2.05, 4.69) is 44.0 Å². The number of terminal acetylenes is 1. The monoisotopic (exact) mass is 592 g/mol. The van der Waals surface area contributed by atoms with Gasteiger partial charge in [0.15, 0.2) is 5.82 Å². The van der Waals surface area contributed by atoms with Crippen LogP contribution in [0.25, 0.3) is 32.9 Å². The molecule has 6 heterocycles. The molecule has 0 spiro atoms. The van der Waals surface area contributed by atoms with Crippen molar-refractivity contribution >= 4 is 27.5 Å². The van der Waals surface area contributed by atoms with Gasteiger partial charge in [-0.1, -0.05) is 41.8 Å². The van der Waals surface area contributed by atoms with Crippen LogP contribution in [0.15, 0.2) is 48.2 Å². The maximum atomic E-state index is 16.8. The van der Waals surface area contributed by atoms with E-state index in [1.807, 2.05) is 6.07 Å². The molecule has 0 radical (unpaired) electrons. The fourth-order valence-electron chi connectivity index (χ4n) is 7.95. The van der Waals surface area contributed by atoms with Crippen molar-refractivity contribution in [2.24, 2.45) is 0 Å². The number of nitrogens with zero attached hydrogens (tertiary/aromatic N) is 5. The minimum absolute atomic E-state index is 0.0651. The first-order valence-electron chi connectivity index (χ1n) is 15.5. The summed E-state index contributed by atoms with van der Waals surface area (Å²) in [6.45, 7) is 6.07. The second-order valence-electron chi connectivity index (χ2n) is 12.7. The van der Waals surface area contributed by atoms with Crippen molar-refractivity contribution in [3.8, 4) is 29.6 Å². The van der Waals surface area contributed by atoms with Crippen molar-refractivity contribution in [1.82, 2.24) is 25.2 Å². The first-order valence-corrected chi connectivity index (χ1v) is 15.5. The Kier molecular flexibility index (Phi) is 6.54. The van der Waals surface area contributed by atoms with Gasteiger partial charge in [-0.15, -0.1) is 6.42 Å². The van der Waals surface area contributed by atoms with Gasteiger partial charge in [-0.05, 0) is 57.0 Å². The van der Waals surface area contributed by atoms with Crippen LogP contribution < -0.4 is 15.0 Å². The highest BCUT2D eigenvalue weighted by atomic mass is 19.1. The van der Waals surface area contributed by atoms with Crippen molar-refractivity contribution in [3.63, 3.8) is 0 Å². The molecule has 9 heteroatoms. The molecule has 4 aliphatic heterocycles. The number of benzene rings is 2. The number of hydrogen-bond acceptors (Lipinski definition) is 7. The first-order chi connectivity index (χ1) is 21.5. The van der Waals surface area contributed by atoms with Gasteiger partial charge in [0.05, 0.1) is 16.5 Å². The van der Waals surface area contributed by atoms with Crippen LogP contribution in [0, 0.1) is 24.0 Å². The third-order valence-electron chi connectivity index (χ3n) is 10.1. The summed E-state index contributed by atoms with van der Waals surface area (Å²) in [4.78, 5) is 18.9. The number of piperazine rings is 1. The molecule has 4 aliphatic rings. The number of anilines is 1. The van der Waals surface area contributed by atoms with Gasteiger partial charge in [-0.2, -0.15) is 9.97 Å². The molecule has 44 heavy (non-hydrogen) atoms. The highest BCUT2D eigenvalue weighted by Crippen LogP contribution is 2.42. The van der Waals surface area contributed by atoms with Crippen molar-refractivity contribution in [3.05, 3.63) is 65.4 Å². The zero-order valence-corrected chi connectivity index (χ0v) is 24.7. The van der Waals surface area contributed by atoms with E-state index in [0.717, 1.165) is 58.3 Å². The summed E-state index contributed by atoms with van der Waals surface area (Å²) in [6.07, 6.45) is 14.9. The lowest BCUT2D eigenvalue weighted by atomic mass is 9.93. The number of halogens is 2. The second-order valence-corrected chi connectivity index (χ2v) is 12.7. The normalized spacial score (nSPS) is 25.7. The number of allylic oxidation sites excluding steroid dienone is 1. The van der Waals surface area contributed by atoms with Gasteiger partial charge in [-0.3, -0.25) is 9.88 Å². The van der Waals surface area contributed by atoms with E-state index >= 15 is 4.39 Å². The smallest absolute Gasteiger partial charge is 0.319 e. The summed E-state index contributed by atoms with van der Waals surface area (Å²) in [5.74, 6) is 1.96. The number of hydrogen-bond donors (Lipinski definition) is 1. The van der Waals surface area contributed by atoms with Gasteiger partial charge >= 0.3 is 6.01 Å². The van der Waals surface area contributed by atoms with E-state index < -0.39 is 11.6 Å². The molecule has 2 bridgehead atoms. The predicted octanol–water partition coefficient (Wildman–Crippen LogP) is 5.61. The number of ether oxygens (including phenoxy) is 1. The Labute approximate surface area is 255 Å². The van der Waals surface area contributed by atoms with E-state index in [1.165, 1.54) is 11.6 Å². The van der Waals surface area contributed by atoms with Crippen LogP contribution in [0.2, 0.25) is 0 Å². The molecule has 2 aromatic carbocycles. The summed E-state index contributed by atoms with van der Waals surface area (Å²) in [5, 5.41) is 5.35. The van der Waals surface area contributed by atoms with Crippen molar-refractivity contribution < 1.29 is 13.5 Å². The Bertz CT molecular complexity index is 1870. The number of nitrogens with one attached hydrogen (secondary N) is 1. The molecule has 2 aromatic heterocycles. The summed E-state index contributed by atoms with van der Waals surface area (Å²) in [6, 6.07) is 9.21. The molecule has 7 nitrogen and oxygen atoms in total. The number of rotatable bonds is 5. The summed E-state index contributed by atoms with van der Waals surface area (Å²) >= 11 is 0. The summed E-state index contributed by atoms with van der Waals surface area (Å²) in [7, 11) is 0. The molecule has 0 saturated carbocycles. The zero-order chi connectivity index (χ0) is 30.0. The molecule has 8 rings (SSSR count). The molecule has 1 unspecified atom stereocenters. The van der Waals surface area contributed by atoms with E-state index in [-0.39, 0.29) is 28.3 Å². The van der Waals surface area contributed by atoms with Crippen LogP contribution in [0.1, 0.15) is 44.6 Å². The Morgan fingerprint density at radius 2 is 2.00 bits per heavy atom. The standard InChI is InChI=1S/C35H34F2N6O/c1-3-21-15-35(13-6-14-43(35)17-21)20-44-34-40-32-27(33(41-34)42-18-23-10-11-24(19-42)39-23)16-38-31(30(32)37)26-8-5-7-22-9-12-28(36)25(4-2)29(22)26/h2-3,5,7-9,12,16,23-24,39H,6,10-11,13-15,17-20H2,1H3/t23-,24+,35?. The molecule has 0 amide bonds. The minimum Gasteiger partial charge on any atom is -0.461 e. The third-order valence-corrected chi connectivity index (χ3v) is 10.1. The van der Waals surface area contributed by atoms with Crippen molar-refractivity contribution in [2.75, 3.05) is 37.7 Å². The second kappa shape index (κ2) is 10.5. The lowest BCUT2D eigenvalue weighted by Crippen LogP contribution is -2.51. The van der Waals surface area contributed by atoms with Gasteiger partial charge in [0.25, 0.3) is 0 Å². The van der Waals surface area contributed by atoms with Crippen LogP contribution in [-0.4, -0.2) is 70.3 Å². The largest absolute Gasteiger partial charge is 0.461 e. The Balaban J connectivity index is 1.26. The van der Waals surface area contributed by atoms with Crippen LogP contribution in [0.3, 0.4) is 0 Å². The van der Waals surface area contributed by atoms with Crippen LogP contribution in [-0.2, 0) is 0 Å². The maximum absolute atomic E-state index is 16.8. The van der Waals surface area contributed by atoms with Gasteiger partial charge < -0.3 is 15.0 Å². The lowest BCUT2D eigenvalue weighted by Gasteiger charge is -2.34.